The Morgan fingerprint density at radius 3 is 2.22 bits per heavy atom. The summed E-state index contributed by atoms with van der Waals surface area (Å²) < 4.78 is 41.3. The average molecular weight is 326 g/mol. The number of rotatable bonds is 2. The van der Waals surface area contributed by atoms with E-state index in [4.69, 9.17) is 0 Å². The molecule has 6 heteroatoms. The maximum absolute atomic E-state index is 13.2. The Labute approximate surface area is 133 Å². The Hall–Kier alpha value is -1.53. The summed E-state index contributed by atoms with van der Waals surface area (Å²) in [5, 5.41) is 10.5. The number of hydrogen-bond acceptors (Lipinski definition) is 2. The Morgan fingerprint density at radius 1 is 1.13 bits per heavy atom. The van der Waals surface area contributed by atoms with Crippen LogP contribution in [-0.2, 0) is 25.7 Å². The first-order valence-corrected chi connectivity index (χ1v) is 7.67. The summed E-state index contributed by atoms with van der Waals surface area (Å²) in [7, 11) is 1.71. The standard InChI is InChI=1S/C17H21F3N2O/c1-10(2)22-7-11-5-13-14(16(3,23)17(18,19)20)9-21(4)15(13)6-12(11)8-22/h5-6,9-10,23H,7-8H2,1-4H3. The summed E-state index contributed by atoms with van der Waals surface area (Å²) in [6, 6.07) is 4.13. The van der Waals surface area contributed by atoms with Crippen molar-refractivity contribution in [1.29, 1.82) is 0 Å². The molecule has 1 unspecified atom stereocenters. The molecule has 0 radical (unpaired) electrons. The monoisotopic (exact) mass is 326 g/mol. The number of aliphatic hydroxyl groups is 1. The molecule has 1 aliphatic heterocycles. The van der Waals surface area contributed by atoms with Crippen LogP contribution in [0.4, 0.5) is 13.2 Å². The van der Waals surface area contributed by atoms with Gasteiger partial charge in [0.25, 0.3) is 0 Å². The van der Waals surface area contributed by atoms with Gasteiger partial charge < -0.3 is 9.67 Å². The normalized spacial score (nSPS) is 18.7. The van der Waals surface area contributed by atoms with Gasteiger partial charge >= 0.3 is 6.18 Å². The molecule has 126 valence electrons. The molecule has 1 aliphatic rings. The Bertz CT molecular complexity index is 759. The minimum Gasteiger partial charge on any atom is -0.376 e. The molecule has 0 spiro atoms. The van der Waals surface area contributed by atoms with Crippen molar-refractivity contribution in [3.63, 3.8) is 0 Å². The van der Waals surface area contributed by atoms with Gasteiger partial charge in [0.1, 0.15) is 0 Å². The van der Waals surface area contributed by atoms with Gasteiger partial charge in [-0.05, 0) is 44.0 Å². The van der Waals surface area contributed by atoms with Crippen LogP contribution < -0.4 is 0 Å². The summed E-state index contributed by atoms with van der Waals surface area (Å²) in [6.45, 7) is 6.55. The third-order valence-corrected chi connectivity index (χ3v) is 4.86. The number of hydrogen-bond donors (Lipinski definition) is 1. The molecule has 2 heterocycles. The Balaban J connectivity index is 2.16. The highest BCUT2D eigenvalue weighted by molar-refractivity contribution is 5.86. The lowest BCUT2D eigenvalue weighted by Crippen LogP contribution is -2.39. The highest BCUT2D eigenvalue weighted by Crippen LogP contribution is 2.43. The zero-order valence-corrected chi connectivity index (χ0v) is 13.7. The maximum Gasteiger partial charge on any atom is 0.421 e. The van der Waals surface area contributed by atoms with Crippen LogP contribution in [0.2, 0.25) is 0 Å². The average Bonchev–Trinajstić information content (AvgIpc) is 2.97. The highest BCUT2D eigenvalue weighted by Gasteiger charge is 2.52. The predicted octanol–water partition coefficient (Wildman–Crippen LogP) is 3.67. The number of fused-ring (bicyclic) bond motifs is 2. The third kappa shape index (κ3) is 2.44. The van der Waals surface area contributed by atoms with Gasteiger partial charge in [-0.2, -0.15) is 13.2 Å². The first-order valence-electron chi connectivity index (χ1n) is 7.67. The molecule has 1 N–H and O–H groups in total. The third-order valence-electron chi connectivity index (χ3n) is 4.86. The molecule has 2 aromatic rings. The number of alkyl halides is 3. The molecule has 0 bridgehead atoms. The van der Waals surface area contributed by atoms with E-state index in [2.05, 4.69) is 18.7 Å². The van der Waals surface area contributed by atoms with Gasteiger partial charge in [0.2, 0.25) is 0 Å². The zero-order valence-electron chi connectivity index (χ0n) is 13.7. The van der Waals surface area contributed by atoms with Gasteiger partial charge in [-0.1, -0.05) is 0 Å². The zero-order chi connectivity index (χ0) is 17.2. The summed E-state index contributed by atoms with van der Waals surface area (Å²) in [4.78, 5) is 2.27. The molecule has 0 amide bonds. The molecule has 1 aromatic carbocycles. The molecule has 1 atom stereocenters. The van der Waals surface area contributed by atoms with E-state index in [-0.39, 0.29) is 5.56 Å². The lowest BCUT2D eigenvalue weighted by Gasteiger charge is -2.26. The van der Waals surface area contributed by atoms with Crippen LogP contribution in [0.5, 0.6) is 0 Å². The second-order valence-electron chi connectivity index (χ2n) is 6.86. The van der Waals surface area contributed by atoms with Crippen molar-refractivity contribution in [2.45, 2.75) is 51.7 Å². The van der Waals surface area contributed by atoms with E-state index < -0.39 is 11.8 Å². The largest absolute Gasteiger partial charge is 0.421 e. The number of benzene rings is 1. The molecule has 1 aromatic heterocycles. The molecular weight excluding hydrogens is 305 g/mol. The lowest BCUT2D eigenvalue weighted by atomic mass is 9.93. The van der Waals surface area contributed by atoms with E-state index in [0.717, 1.165) is 31.1 Å². The summed E-state index contributed by atoms with van der Waals surface area (Å²) >= 11 is 0. The molecule has 0 saturated carbocycles. The van der Waals surface area contributed by atoms with Gasteiger partial charge in [-0.15, -0.1) is 0 Å². The van der Waals surface area contributed by atoms with Crippen LogP contribution in [0.1, 0.15) is 37.5 Å². The molecule has 3 rings (SSSR count). The summed E-state index contributed by atoms with van der Waals surface area (Å²) in [6.07, 6.45) is -3.34. The van der Waals surface area contributed by atoms with Crippen molar-refractivity contribution in [2.75, 3.05) is 0 Å². The van der Waals surface area contributed by atoms with Crippen molar-refractivity contribution >= 4 is 10.9 Å². The molecule has 0 aliphatic carbocycles. The van der Waals surface area contributed by atoms with Crippen LogP contribution in [0.15, 0.2) is 18.3 Å². The molecule has 0 saturated heterocycles. The van der Waals surface area contributed by atoms with Crippen molar-refractivity contribution in [3.8, 4) is 0 Å². The van der Waals surface area contributed by atoms with Gasteiger partial charge in [-0.3, -0.25) is 4.90 Å². The van der Waals surface area contributed by atoms with Crippen molar-refractivity contribution in [2.24, 2.45) is 7.05 Å². The van der Waals surface area contributed by atoms with E-state index in [1.165, 1.54) is 6.20 Å². The molecular formula is C17H21F3N2O. The highest BCUT2D eigenvalue weighted by atomic mass is 19.4. The van der Waals surface area contributed by atoms with Gasteiger partial charge in [-0.25, -0.2) is 0 Å². The minimum atomic E-state index is -4.72. The van der Waals surface area contributed by atoms with Crippen molar-refractivity contribution in [3.05, 3.63) is 35.0 Å². The van der Waals surface area contributed by atoms with Gasteiger partial charge in [0.15, 0.2) is 5.60 Å². The van der Waals surface area contributed by atoms with Crippen molar-refractivity contribution in [1.82, 2.24) is 9.47 Å². The predicted molar refractivity (Wildman–Crippen MR) is 82.9 cm³/mol. The van der Waals surface area contributed by atoms with Crippen LogP contribution >= 0.6 is 0 Å². The van der Waals surface area contributed by atoms with Crippen LogP contribution in [-0.4, -0.2) is 26.8 Å². The van der Waals surface area contributed by atoms with Gasteiger partial charge in [0, 0.05) is 48.8 Å². The van der Waals surface area contributed by atoms with E-state index in [0.29, 0.717) is 16.9 Å². The van der Waals surface area contributed by atoms with Crippen LogP contribution in [0.3, 0.4) is 0 Å². The number of halogens is 3. The van der Waals surface area contributed by atoms with E-state index in [1.54, 1.807) is 11.6 Å². The molecule has 3 nitrogen and oxygen atoms in total. The van der Waals surface area contributed by atoms with Gasteiger partial charge in [0.05, 0.1) is 0 Å². The maximum atomic E-state index is 13.2. The first-order chi connectivity index (χ1) is 10.5. The van der Waals surface area contributed by atoms with Crippen molar-refractivity contribution < 1.29 is 18.3 Å². The smallest absolute Gasteiger partial charge is 0.376 e. The SMILES string of the molecule is CC(C)N1Cc2cc3c(C(C)(O)C(F)(F)F)cn(C)c3cc2C1. The quantitative estimate of drug-likeness (QED) is 0.912. The summed E-state index contributed by atoms with van der Waals surface area (Å²) in [5.74, 6) is 0. The Morgan fingerprint density at radius 2 is 1.70 bits per heavy atom. The first kappa shape index (κ1) is 16.3. The number of nitrogens with zero attached hydrogens (tertiary/aromatic N) is 2. The fourth-order valence-electron chi connectivity index (χ4n) is 3.21. The Kier molecular flexibility index (Phi) is 3.54. The van der Waals surface area contributed by atoms with E-state index in [9.17, 15) is 18.3 Å². The molecule has 0 fully saturated rings. The van der Waals surface area contributed by atoms with Crippen LogP contribution in [0, 0.1) is 0 Å². The number of aromatic nitrogens is 1. The minimum absolute atomic E-state index is 0.0895. The second-order valence-corrected chi connectivity index (χ2v) is 6.86. The lowest BCUT2D eigenvalue weighted by molar-refractivity contribution is -0.258. The van der Waals surface area contributed by atoms with Crippen LogP contribution in [0.25, 0.3) is 10.9 Å². The number of aryl methyl sites for hydroxylation is 1. The van der Waals surface area contributed by atoms with E-state index >= 15 is 0 Å². The molecule has 23 heavy (non-hydrogen) atoms. The fraction of sp³-hybridized carbons (Fsp3) is 0.529. The summed E-state index contributed by atoms with van der Waals surface area (Å²) in [5.41, 5.74) is -0.0544. The van der Waals surface area contributed by atoms with E-state index in [1.807, 2.05) is 12.1 Å². The second kappa shape index (κ2) is 4.98. The topological polar surface area (TPSA) is 28.4 Å². The fourth-order valence-corrected chi connectivity index (χ4v) is 3.21.